The van der Waals surface area contributed by atoms with E-state index in [1.165, 1.54) is 6.08 Å². The summed E-state index contributed by atoms with van der Waals surface area (Å²) in [6, 6.07) is 0. The Bertz CT molecular complexity index is 141. The molecule has 0 aliphatic heterocycles. The van der Waals surface area contributed by atoms with Gasteiger partial charge in [-0.25, -0.2) is 0 Å². The number of hydrogen-bond acceptors (Lipinski definition) is 2. The zero-order valence-electron chi connectivity index (χ0n) is 5.96. The van der Waals surface area contributed by atoms with Crippen molar-refractivity contribution in [1.29, 1.82) is 0 Å². The summed E-state index contributed by atoms with van der Waals surface area (Å²) < 4.78 is 0. The van der Waals surface area contributed by atoms with E-state index in [9.17, 15) is 9.59 Å². The van der Waals surface area contributed by atoms with Crippen LogP contribution in [0.25, 0.3) is 0 Å². The van der Waals surface area contributed by atoms with E-state index in [0.717, 1.165) is 6.29 Å². The summed E-state index contributed by atoms with van der Waals surface area (Å²) in [5.74, 6) is -0.149. The van der Waals surface area contributed by atoms with E-state index >= 15 is 0 Å². The number of hydrogen-bond donors (Lipinski definition) is 1. The molecule has 56 valence electrons. The summed E-state index contributed by atoms with van der Waals surface area (Å²) in [7, 11) is 0. The molecule has 0 aromatic heterocycles. The molecule has 0 aliphatic rings. The maximum Gasteiger partial charge on any atom is 0.243 e. The maximum absolute atomic E-state index is 10.6. The summed E-state index contributed by atoms with van der Waals surface area (Å²) >= 11 is 0. The highest BCUT2D eigenvalue weighted by Crippen LogP contribution is 1.72. The first-order chi connectivity index (χ1) is 4.81. The molecule has 0 atom stereocenters. The number of carbonyl (C=O) groups excluding carboxylic acids is 2. The third kappa shape index (κ3) is 5.03. The van der Waals surface area contributed by atoms with Crippen molar-refractivity contribution >= 4 is 12.2 Å². The molecule has 1 amide bonds. The van der Waals surface area contributed by atoms with Crippen molar-refractivity contribution in [1.82, 2.24) is 5.32 Å². The minimum atomic E-state index is -0.149. The molecule has 0 aliphatic carbocycles. The second kappa shape index (κ2) is 6.01. The Balaban J connectivity index is 3.30. The molecule has 0 saturated carbocycles. The molecule has 3 heteroatoms. The van der Waals surface area contributed by atoms with Crippen LogP contribution in [0.4, 0.5) is 0 Å². The van der Waals surface area contributed by atoms with Gasteiger partial charge < -0.3 is 10.1 Å². The largest absolute Gasteiger partial charge is 0.352 e. The van der Waals surface area contributed by atoms with Crippen molar-refractivity contribution in [3.05, 3.63) is 12.2 Å². The molecule has 10 heavy (non-hydrogen) atoms. The molecule has 0 fully saturated rings. The summed E-state index contributed by atoms with van der Waals surface area (Å²) in [4.78, 5) is 20.4. The Morgan fingerprint density at radius 3 is 2.80 bits per heavy atom. The predicted molar refractivity (Wildman–Crippen MR) is 38.5 cm³/mol. The van der Waals surface area contributed by atoms with Crippen LogP contribution in [-0.4, -0.2) is 18.7 Å². The summed E-state index contributed by atoms with van der Waals surface area (Å²) in [5.41, 5.74) is 0. The number of nitrogens with one attached hydrogen (secondary N) is 1. The summed E-state index contributed by atoms with van der Waals surface area (Å²) in [5, 5.41) is 2.53. The zero-order chi connectivity index (χ0) is 7.82. The van der Waals surface area contributed by atoms with Crippen LogP contribution in [0.5, 0.6) is 0 Å². The standard InChI is InChI=1S/C7H11NO2/c1-2-4-7(10)8-5-3-6-9/h2,4,6H,3,5H2,1H3,(H,8,10)/b4-2+. The molecule has 3 nitrogen and oxygen atoms in total. The van der Waals surface area contributed by atoms with Gasteiger partial charge in [0.1, 0.15) is 6.29 Å². The van der Waals surface area contributed by atoms with E-state index < -0.39 is 0 Å². The highest BCUT2D eigenvalue weighted by atomic mass is 16.1. The van der Waals surface area contributed by atoms with Gasteiger partial charge in [0.15, 0.2) is 0 Å². The van der Waals surface area contributed by atoms with E-state index in [4.69, 9.17) is 0 Å². The van der Waals surface area contributed by atoms with Crippen molar-refractivity contribution < 1.29 is 9.59 Å². The van der Waals surface area contributed by atoms with E-state index in [1.807, 2.05) is 0 Å². The van der Waals surface area contributed by atoms with Crippen molar-refractivity contribution in [3.63, 3.8) is 0 Å². The first-order valence-corrected chi connectivity index (χ1v) is 3.15. The molecule has 0 radical (unpaired) electrons. The Morgan fingerprint density at radius 2 is 2.30 bits per heavy atom. The Hall–Kier alpha value is -1.12. The number of carbonyl (C=O) groups is 2. The van der Waals surface area contributed by atoms with Gasteiger partial charge in [0.05, 0.1) is 0 Å². The normalized spacial score (nSPS) is 9.70. The SMILES string of the molecule is C/C=C/C(=O)NCCC=O. The fourth-order valence-electron chi connectivity index (χ4n) is 0.465. The highest BCUT2D eigenvalue weighted by Gasteiger charge is 1.90. The van der Waals surface area contributed by atoms with Crippen molar-refractivity contribution in [2.45, 2.75) is 13.3 Å². The molecular formula is C7H11NO2. The second-order valence-corrected chi connectivity index (χ2v) is 1.75. The van der Waals surface area contributed by atoms with Gasteiger partial charge in [0.2, 0.25) is 5.91 Å². The Morgan fingerprint density at radius 1 is 1.60 bits per heavy atom. The van der Waals surface area contributed by atoms with Gasteiger partial charge in [-0.05, 0) is 13.0 Å². The average Bonchev–Trinajstić information content (AvgIpc) is 1.89. The Kier molecular flexibility index (Phi) is 5.33. The Labute approximate surface area is 60.1 Å². The minimum absolute atomic E-state index is 0.149. The molecule has 0 bridgehead atoms. The molecule has 0 aromatic rings. The first kappa shape index (κ1) is 8.88. The molecule has 0 aromatic carbocycles. The second-order valence-electron chi connectivity index (χ2n) is 1.75. The zero-order valence-corrected chi connectivity index (χ0v) is 5.96. The molecular weight excluding hydrogens is 130 g/mol. The molecule has 0 spiro atoms. The van der Waals surface area contributed by atoms with E-state index in [1.54, 1.807) is 13.0 Å². The maximum atomic E-state index is 10.6. The van der Waals surface area contributed by atoms with E-state index in [-0.39, 0.29) is 5.91 Å². The van der Waals surface area contributed by atoms with Gasteiger partial charge in [-0.15, -0.1) is 0 Å². The van der Waals surface area contributed by atoms with Crippen LogP contribution in [0.2, 0.25) is 0 Å². The summed E-state index contributed by atoms with van der Waals surface area (Å²) in [6.07, 6.45) is 4.22. The molecule has 0 unspecified atom stereocenters. The fraction of sp³-hybridized carbons (Fsp3) is 0.429. The number of rotatable bonds is 4. The smallest absolute Gasteiger partial charge is 0.243 e. The molecule has 0 heterocycles. The van der Waals surface area contributed by atoms with Crippen molar-refractivity contribution in [3.8, 4) is 0 Å². The van der Waals surface area contributed by atoms with Crippen LogP contribution in [0.1, 0.15) is 13.3 Å². The topological polar surface area (TPSA) is 46.2 Å². The predicted octanol–water partition coefficient (Wildman–Crippen LogP) is 0.268. The van der Waals surface area contributed by atoms with Gasteiger partial charge in [0, 0.05) is 13.0 Å². The first-order valence-electron chi connectivity index (χ1n) is 3.15. The minimum Gasteiger partial charge on any atom is -0.352 e. The molecule has 1 N–H and O–H groups in total. The third-order valence-corrected chi connectivity index (χ3v) is 0.879. The lowest BCUT2D eigenvalue weighted by atomic mass is 10.4. The lowest BCUT2D eigenvalue weighted by Crippen LogP contribution is -2.22. The molecule has 0 saturated heterocycles. The van der Waals surface area contributed by atoms with Crippen LogP contribution in [-0.2, 0) is 9.59 Å². The number of allylic oxidation sites excluding steroid dienone is 1. The van der Waals surface area contributed by atoms with E-state index in [2.05, 4.69) is 5.32 Å². The van der Waals surface area contributed by atoms with Gasteiger partial charge in [-0.2, -0.15) is 0 Å². The van der Waals surface area contributed by atoms with Crippen molar-refractivity contribution in [2.24, 2.45) is 0 Å². The monoisotopic (exact) mass is 141 g/mol. The van der Waals surface area contributed by atoms with Crippen LogP contribution in [0, 0.1) is 0 Å². The van der Waals surface area contributed by atoms with Gasteiger partial charge in [-0.1, -0.05) is 6.08 Å². The fourth-order valence-corrected chi connectivity index (χ4v) is 0.465. The van der Waals surface area contributed by atoms with Gasteiger partial charge in [0.25, 0.3) is 0 Å². The average molecular weight is 141 g/mol. The van der Waals surface area contributed by atoms with Crippen LogP contribution < -0.4 is 5.32 Å². The van der Waals surface area contributed by atoms with E-state index in [0.29, 0.717) is 13.0 Å². The lowest BCUT2D eigenvalue weighted by Gasteiger charge is -1.94. The van der Waals surface area contributed by atoms with Crippen molar-refractivity contribution in [2.75, 3.05) is 6.54 Å². The quantitative estimate of drug-likeness (QED) is 0.347. The number of aldehydes is 1. The lowest BCUT2D eigenvalue weighted by molar-refractivity contribution is -0.116. The molecule has 0 rings (SSSR count). The van der Waals surface area contributed by atoms with Gasteiger partial charge in [-0.3, -0.25) is 4.79 Å². The third-order valence-electron chi connectivity index (χ3n) is 0.879. The van der Waals surface area contributed by atoms with Crippen LogP contribution >= 0.6 is 0 Å². The van der Waals surface area contributed by atoms with Crippen LogP contribution in [0.15, 0.2) is 12.2 Å². The number of amides is 1. The summed E-state index contributed by atoms with van der Waals surface area (Å²) in [6.45, 7) is 2.19. The van der Waals surface area contributed by atoms with Gasteiger partial charge >= 0.3 is 0 Å². The highest BCUT2D eigenvalue weighted by molar-refractivity contribution is 5.87. The van der Waals surface area contributed by atoms with Crippen LogP contribution in [0.3, 0.4) is 0 Å².